The zero-order valence-electron chi connectivity index (χ0n) is 23.7. The summed E-state index contributed by atoms with van der Waals surface area (Å²) in [7, 11) is 1.63. The monoisotopic (exact) mass is 592 g/mol. The lowest BCUT2D eigenvalue weighted by Crippen LogP contribution is -2.33. The Morgan fingerprint density at radius 3 is 2.67 bits per heavy atom. The number of hydrogen-bond donors (Lipinski definition) is 2. The fraction of sp³-hybridized carbons (Fsp3) is 0.219. The molecule has 2 bridgehead atoms. The molecule has 43 heavy (non-hydrogen) atoms. The molecule has 1 aromatic carbocycles. The number of halogens is 1. The van der Waals surface area contributed by atoms with Gasteiger partial charge in [0.2, 0.25) is 5.91 Å². The lowest BCUT2D eigenvalue weighted by atomic mass is 9.96. The van der Waals surface area contributed by atoms with Gasteiger partial charge in [0.25, 0.3) is 5.56 Å². The van der Waals surface area contributed by atoms with Gasteiger partial charge in [-0.2, -0.15) is 5.26 Å². The van der Waals surface area contributed by atoms with Crippen LogP contribution in [0.2, 0.25) is 5.02 Å². The van der Waals surface area contributed by atoms with Crippen LogP contribution in [0.4, 0.5) is 0 Å². The van der Waals surface area contributed by atoms with Crippen LogP contribution in [0, 0.1) is 17.2 Å². The number of carbonyl (C=O) groups is 1. The second-order valence-corrected chi connectivity index (χ2v) is 10.7. The van der Waals surface area contributed by atoms with Crippen molar-refractivity contribution in [3.63, 3.8) is 0 Å². The molecular formula is C32H29ClN8O2. The molecule has 0 saturated carbocycles. The van der Waals surface area contributed by atoms with Gasteiger partial charge in [-0.3, -0.25) is 29.1 Å². The second kappa shape index (κ2) is 12.8. The first-order valence-corrected chi connectivity index (χ1v) is 14.1. The van der Waals surface area contributed by atoms with Gasteiger partial charge >= 0.3 is 0 Å². The minimum atomic E-state index is -0.442. The summed E-state index contributed by atoms with van der Waals surface area (Å²) in [5, 5.41) is 12.7. The first-order valence-electron chi connectivity index (χ1n) is 13.7. The lowest BCUT2D eigenvalue weighted by Gasteiger charge is -2.23. The summed E-state index contributed by atoms with van der Waals surface area (Å²) < 4.78 is 1.57. The van der Waals surface area contributed by atoms with E-state index < -0.39 is 6.04 Å². The van der Waals surface area contributed by atoms with Crippen LogP contribution in [0.5, 0.6) is 0 Å². The van der Waals surface area contributed by atoms with E-state index in [9.17, 15) is 14.9 Å². The molecular weight excluding hydrogens is 564 g/mol. The molecule has 5 rings (SSSR count). The Hall–Kier alpha value is -5.14. The van der Waals surface area contributed by atoms with Gasteiger partial charge in [-0.15, -0.1) is 0 Å². The molecule has 0 spiro atoms. The number of hydrogen-bond acceptors (Lipinski definition) is 8. The number of nitrogens with zero attached hydrogens (tertiary/aromatic N) is 6. The van der Waals surface area contributed by atoms with Gasteiger partial charge in [-0.25, -0.2) is 4.98 Å². The summed E-state index contributed by atoms with van der Waals surface area (Å²) in [5.41, 5.74) is 10.8. The number of benzene rings is 1. The summed E-state index contributed by atoms with van der Waals surface area (Å²) in [5.74, 6) is -0.438. The van der Waals surface area contributed by atoms with Crippen molar-refractivity contribution in [3.05, 3.63) is 111 Å². The Labute approximate surface area is 253 Å². The van der Waals surface area contributed by atoms with E-state index in [0.29, 0.717) is 69.3 Å². The van der Waals surface area contributed by atoms with Crippen LogP contribution in [0.3, 0.4) is 0 Å². The normalized spacial score (nSPS) is 19.3. The van der Waals surface area contributed by atoms with E-state index in [-0.39, 0.29) is 17.4 Å². The number of nitriles is 1. The third-order valence-corrected chi connectivity index (χ3v) is 7.70. The van der Waals surface area contributed by atoms with E-state index in [2.05, 4.69) is 31.3 Å². The summed E-state index contributed by atoms with van der Waals surface area (Å²) in [6.07, 6.45) is 9.47. The lowest BCUT2D eigenvalue weighted by molar-refractivity contribution is -0.123. The molecule has 216 valence electrons. The predicted octanol–water partition coefficient (Wildman–Crippen LogP) is 4.64. The number of nitrogens with two attached hydrogens (primary N) is 1. The molecule has 10 nitrogen and oxygen atoms in total. The number of rotatable bonds is 3. The highest BCUT2D eigenvalue weighted by molar-refractivity contribution is 6.31. The summed E-state index contributed by atoms with van der Waals surface area (Å²) >= 11 is 6.36. The zero-order chi connectivity index (χ0) is 30.5. The van der Waals surface area contributed by atoms with Crippen LogP contribution in [-0.4, -0.2) is 38.2 Å². The van der Waals surface area contributed by atoms with E-state index >= 15 is 0 Å². The Balaban J connectivity index is 1.59. The third-order valence-electron chi connectivity index (χ3n) is 7.47. The minimum Gasteiger partial charge on any atom is -0.403 e. The van der Waals surface area contributed by atoms with Gasteiger partial charge in [0.15, 0.2) is 0 Å². The molecule has 3 N–H and O–H groups in total. The molecule has 0 radical (unpaired) electrons. The highest BCUT2D eigenvalue weighted by Crippen LogP contribution is 2.33. The van der Waals surface area contributed by atoms with Crippen molar-refractivity contribution in [2.45, 2.75) is 32.2 Å². The van der Waals surface area contributed by atoms with Crippen molar-refractivity contribution in [2.75, 3.05) is 7.05 Å². The Morgan fingerprint density at radius 1 is 1.09 bits per heavy atom. The van der Waals surface area contributed by atoms with Crippen molar-refractivity contribution in [1.29, 1.82) is 5.26 Å². The fourth-order valence-corrected chi connectivity index (χ4v) is 5.39. The van der Waals surface area contributed by atoms with Crippen LogP contribution in [0.1, 0.15) is 49.0 Å². The second-order valence-electron chi connectivity index (χ2n) is 10.2. The summed E-state index contributed by atoms with van der Waals surface area (Å²) in [6.45, 7) is 1.86. The number of nitrogens with one attached hydrogen (secondary N) is 1. The van der Waals surface area contributed by atoms with Crippen molar-refractivity contribution in [2.24, 2.45) is 16.6 Å². The van der Waals surface area contributed by atoms with Crippen LogP contribution in [0.15, 0.2) is 89.1 Å². The largest absolute Gasteiger partial charge is 0.403 e. The van der Waals surface area contributed by atoms with Gasteiger partial charge < -0.3 is 11.1 Å². The number of aromatic nitrogens is 4. The molecule has 4 heterocycles. The Morgan fingerprint density at radius 2 is 1.93 bits per heavy atom. The fourth-order valence-electron chi connectivity index (χ4n) is 5.22. The highest BCUT2D eigenvalue weighted by atomic mass is 35.5. The summed E-state index contributed by atoms with van der Waals surface area (Å²) in [4.78, 5) is 44.5. The average molecular weight is 593 g/mol. The van der Waals surface area contributed by atoms with Gasteiger partial charge in [0.1, 0.15) is 6.07 Å². The summed E-state index contributed by atoms with van der Waals surface area (Å²) in [6, 6.07) is 13.8. The standard InChI is InChI=1S/C32H29ClN8O2/c1-19-4-3-5-29(27-11-21(8-9-38-27)31(36-2)28(15-35)40-32(19)43)41-18-39-26(13-30(41)42)25-12-23(33)6-7-24(25)22-10-20(14-34)16-37-17-22/h6-13,15-19,29H,3-5,35H2,1-2H3,(H,40,43). The molecule has 2 atom stereocenters. The van der Waals surface area contributed by atoms with Crippen molar-refractivity contribution >= 4 is 23.2 Å². The topological polar surface area (TPSA) is 152 Å². The first-order chi connectivity index (χ1) is 20.8. The van der Waals surface area contributed by atoms with E-state index in [1.807, 2.05) is 19.1 Å². The van der Waals surface area contributed by atoms with E-state index in [1.165, 1.54) is 24.8 Å². The molecule has 1 aliphatic rings. The maximum absolute atomic E-state index is 13.7. The predicted molar refractivity (Wildman–Crippen MR) is 165 cm³/mol. The van der Waals surface area contributed by atoms with Crippen molar-refractivity contribution < 1.29 is 4.79 Å². The third kappa shape index (κ3) is 6.22. The molecule has 4 aromatic rings. The van der Waals surface area contributed by atoms with Gasteiger partial charge in [-0.1, -0.05) is 31.0 Å². The molecule has 1 aliphatic heterocycles. The van der Waals surface area contributed by atoms with E-state index in [1.54, 1.807) is 48.3 Å². The molecule has 0 aliphatic carbocycles. The first kappa shape index (κ1) is 29.4. The van der Waals surface area contributed by atoms with Gasteiger partial charge in [-0.05, 0) is 48.7 Å². The number of carbonyl (C=O) groups excluding carboxylic acids is 1. The number of amides is 1. The van der Waals surface area contributed by atoms with Crippen LogP contribution in [-0.2, 0) is 4.79 Å². The maximum atomic E-state index is 13.7. The van der Waals surface area contributed by atoms with Crippen LogP contribution >= 0.6 is 11.6 Å². The Kier molecular flexibility index (Phi) is 8.74. The smallest absolute Gasteiger partial charge is 0.254 e. The van der Waals surface area contributed by atoms with E-state index in [0.717, 1.165) is 5.56 Å². The van der Waals surface area contributed by atoms with Gasteiger partial charge in [0, 0.05) is 65.5 Å². The molecule has 0 fully saturated rings. The number of fused-ring (bicyclic) bond motifs is 2. The average Bonchev–Trinajstić information content (AvgIpc) is 3.02. The number of allylic oxidation sites excluding steroid dienone is 1. The van der Waals surface area contributed by atoms with Crippen molar-refractivity contribution in [3.8, 4) is 28.5 Å². The van der Waals surface area contributed by atoms with E-state index in [4.69, 9.17) is 17.3 Å². The molecule has 2 unspecified atom stereocenters. The maximum Gasteiger partial charge on any atom is 0.254 e. The SMILES string of the molecule is CN=C1C(=CN)NC(=O)C(C)CCCC(n2cnc(-c3cc(Cl)ccc3-c3cncc(C#N)c3)cc2=O)c2cc1ccn2. The molecule has 3 aromatic heterocycles. The van der Waals surface area contributed by atoms with Crippen LogP contribution in [0.25, 0.3) is 22.4 Å². The molecule has 11 heteroatoms. The number of aliphatic imine (C=N–C) groups is 1. The molecule has 0 saturated heterocycles. The number of pyridine rings is 2. The zero-order valence-corrected chi connectivity index (χ0v) is 24.4. The Bertz CT molecular complexity index is 1860. The van der Waals surface area contributed by atoms with Crippen LogP contribution < -0.4 is 16.6 Å². The van der Waals surface area contributed by atoms with Crippen molar-refractivity contribution in [1.82, 2.24) is 24.8 Å². The quantitative estimate of drug-likeness (QED) is 0.351. The molecule has 1 amide bonds. The minimum absolute atomic E-state index is 0.153. The van der Waals surface area contributed by atoms with Gasteiger partial charge in [0.05, 0.1) is 40.7 Å². The highest BCUT2D eigenvalue weighted by Gasteiger charge is 2.24.